The van der Waals surface area contributed by atoms with Crippen molar-refractivity contribution in [3.05, 3.63) is 0 Å². The van der Waals surface area contributed by atoms with Gasteiger partial charge < -0.3 is 10.6 Å². The Morgan fingerprint density at radius 2 is 2.33 bits per heavy atom. The van der Waals surface area contributed by atoms with Gasteiger partial charge in [0.2, 0.25) is 0 Å². The van der Waals surface area contributed by atoms with Crippen LogP contribution in [-0.2, 0) is 0 Å². The molecule has 3 nitrogen and oxygen atoms in total. The number of nitrogens with zero attached hydrogens (tertiary/aromatic N) is 2. The van der Waals surface area contributed by atoms with Gasteiger partial charge in [-0.2, -0.15) is 5.26 Å². The molecular formula is C9H15N3. The lowest BCUT2D eigenvalue weighted by molar-refractivity contribution is 0.312. The van der Waals surface area contributed by atoms with E-state index in [1.807, 2.05) is 0 Å². The van der Waals surface area contributed by atoms with Crippen LogP contribution < -0.4 is 5.73 Å². The molecule has 1 saturated heterocycles. The van der Waals surface area contributed by atoms with Crippen molar-refractivity contribution in [3.8, 4) is 6.07 Å². The van der Waals surface area contributed by atoms with Gasteiger partial charge in [0.05, 0.1) is 6.07 Å². The maximum Gasteiger partial charge on any atom is 0.118 e. The van der Waals surface area contributed by atoms with Gasteiger partial charge in [0.1, 0.15) is 5.54 Å². The molecule has 0 bridgehead atoms. The average Bonchev–Trinajstić information content (AvgIpc) is 2.77. The zero-order valence-corrected chi connectivity index (χ0v) is 7.29. The number of likely N-dealkylation sites (tertiary alicyclic amines) is 1. The van der Waals surface area contributed by atoms with E-state index in [0.717, 1.165) is 25.4 Å². The molecule has 2 rings (SSSR count). The molecule has 1 atom stereocenters. The smallest absolute Gasteiger partial charge is 0.118 e. The van der Waals surface area contributed by atoms with Gasteiger partial charge >= 0.3 is 0 Å². The molecule has 0 spiro atoms. The summed E-state index contributed by atoms with van der Waals surface area (Å²) in [6, 6.07) is 2.20. The fourth-order valence-electron chi connectivity index (χ4n) is 1.83. The van der Waals surface area contributed by atoms with E-state index in [9.17, 15) is 0 Å². The van der Waals surface area contributed by atoms with E-state index in [-0.39, 0.29) is 0 Å². The molecule has 0 radical (unpaired) electrons. The second kappa shape index (κ2) is 2.72. The molecular weight excluding hydrogens is 150 g/mol. The zero-order chi connectivity index (χ0) is 8.60. The molecule has 3 heteroatoms. The van der Waals surface area contributed by atoms with E-state index >= 15 is 0 Å². The monoisotopic (exact) mass is 165 g/mol. The van der Waals surface area contributed by atoms with Gasteiger partial charge in [0, 0.05) is 19.6 Å². The van der Waals surface area contributed by atoms with E-state index in [4.69, 9.17) is 11.0 Å². The van der Waals surface area contributed by atoms with Gasteiger partial charge in [-0.05, 0) is 25.2 Å². The molecule has 0 aromatic rings. The first kappa shape index (κ1) is 8.03. The molecule has 12 heavy (non-hydrogen) atoms. The van der Waals surface area contributed by atoms with Crippen LogP contribution in [-0.4, -0.2) is 30.1 Å². The molecule has 0 amide bonds. The fraction of sp³-hybridized carbons (Fsp3) is 0.889. The maximum atomic E-state index is 8.79. The lowest BCUT2D eigenvalue weighted by Crippen LogP contribution is -2.41. The highest BCUT2D eigenvalue weighted by atomic mass is 15.2. The summed E-state index contributed by atoms with van der Waals surface area (Å²) in [6.07, 6.45) is 3.59. The molecule has 1 saturated carbocycles. The minimum absolute atomic E-state index is 0.547. The van der Waals surface area contributed by atoms with Gasteiger partial charge in [-0.3, -0.25) is 0 Å². The topological polar surface area (TPSA) is 53.1 Å². The first-order valence-electron chi connectivity index (χ1n) is 4.64. The van der Waals surface area contributed by atoms with Crippen LogP contribution in [0, 0.1) is 17.2 Å². The summed E-state index contributed by atoms with van der Waals surface area (Å²) >= 11 is 0. The van der Waals surface area contributed by atoms with E-state index in [1.165, 1.54) is 19.4 Å². The predicted octanol–water partition coefficient (Wildman–Crippen LogP) is 0.323. The molecule has 0 aromatic carbocycles. The number of hydrogen-bond acceptors (Lipinski definition) is 3. The summed E-state index contributed by atoms with van der Waals surface area (Å²) in [6.45, 7) is 2.96. The molecule has 2 fully saturated rings. The standard InChI is InChI=1S/C9H15N3/c10-6-9(11)3-4-12(7-9)5-8-1-2-8/h8H,1-5,7,11H2. The van der Waals surface area contributed by atoms with Crippen LogP contribution >= 0.6 is 0 Å². The van der Waals surface area contributed by atoms with Crippen molar-refractivity contribution < 1.29 is 0 Å². The number of rotatable bonds is 2. The minimum Gasteiger partial charge on any atom is -0.312 e. The predicted molar refractivity (Wildman–Crippen MR) is 46.3 cm³/mol. The Hall–Kier alpha value is -0.590. The van der Waals surface area contributed by atoms with Crippen LogP contribution in [0.15, 0.2) is 0 Å². The van der Waals surface area contributed by atoms with Crippen molar-refractivity contribution >= 4 is 0 Å². The van der Waals surface area contributed by atoms with Gasteiger partial charge in [0.25, 0.3) is 0 Å². The van der Waals surface area contributed by atoms with Crippen LogP contribution in [0.25, 0.3) is 0 Å². The fourth-order valence-corrected chi connectivity index (χ4v) is 1.83. The van der Waals surface area contributed by atoms with Gasteiger partial charge in [-0.25, -0.2) is 0 Å². The summed E-state index contributed by atoms with van der Waals surface area (Å²) in [5.74, 6) is 0.908. The Labute approximate surface area is 73.1 Å². The summed E-state index contributed by atoms with van der Waals surface area (Å²) in [5, 5.41) is 8.79. The number of nitriles is 1. The summed E-state index contributed by atoms with van der Waals surface area (Å²) in [4.78, 5) is 2.33. The third-order valence-corrected chi connectivity index (χ3v) is 2.82. The largest absolute Gasteiger partial charge is 0.312 e. The molecule has 1 unspecified atom stereocenters. The number of nitrogens with two attached hydrogens (primary N) is 1. The Balaban J connectivity index is 1.85. The van der Waals surface area contributed by atoms with Crippen LogP contribution in [0.4, 0.5) is 0 Å². The second-order valence-corrected chi connectivity index (χ2v) is 4.20. The lowest BCUT2D eigenvalue weighted by Gasteiger charge is -2.16. The molecule has 2 N–H and O–H groups in total. The van der Waals surface area contributed by atoms with E-state index in [0.29, 0.717) is 0 Å². The Morgan fingerprint density at radius 1 is 1.58 bits per heavy atom. The third-order valence-electron chi connectivity index (χ3n) is 2.82. The molecule has 1 aliphatic heterocycles. The number of hydrogen-bond donors (Lipinski definition) is 1. The van der Waals surface area contributed by atoms with Gasteiger partial charge in [-0.15, -0.1) is 0 Å². The highest BCUT2D eigenvalue weighted by Gasteiger charge is 2.36. The molecule has 66 valence electrons. The quantitative estimate of drug-likeness (QED) is 0.641. The first-order chi connectivity index (χ1) is 5.72. The Bertz CT molecular complexity index is 216. The van der Waals surface area contributed by atoms with Crippen LogP contribution in [0.3, 0.4) is 0 Å². The molecule has 1 aliphatic carbocycles. The summed E-state index contributed by atoms with van der Waals surface area (Å²) in [7, 11) is 0. The SMILES string of the molecule is N#CC1(N)CCN(CC2CC2)C1. The summed E-state index contributed by atoms with van der Waals surface area (Å²) < 4.78 is 0. The van der Waals surface area contributed by atoms with E-state index < -0.39 is 5.54 Å². The third kappa shape index (κ3) is 1.60. The molecule has 1 heterocycles. The van der Waals surface area contributed by atoms with Crippen molar-refractivity contribution in [3.63, 3.8) is 0 Å². The lowest BCUT2D eigenvalue weighted by atomic mass is 10.0. The second-order valence-electron chi connectivity index (χ2n) is 4.20. The summed E-state index contributed by atoms with van der Waals surface area (Å²) in [5.41, 5.74) is 5.30. The first-order valence-corrected chi connectivity index (χ1v) is 4.64. The zero-order valence-electron chi connectivity index (χ0n) is 7.29. The Kier molecular flexibility index (Phi) is 1.82. The van der Waals surface area contributed by atoms with Crippen LogP contribution in [0.2, 0.25) is 0 Å². The normalized spacial score (nSPS) is 36.7. The minimum atomic E-state index is -0.547. The van der Waals surface area contributed by atoms with E-state index in [1.54, 1.807) is 0 Å². The van der Waals surface area contributed by atoms with Crippen molar-refractivity contribution in [1.29, 1.82) is 5.26 Å². The average molecular weight is 165 g/mol. The van der Waals surface area contributed by atoms with Gasteiger partial charge in [0.15, 0.2) is 0 Å². The molecule has 0 aromatic heterocycles. The van der Waals surface area contributed by atoms with Crippen molar-refractivity contribution in [1.82, 2.24) is 4.90 Å². The highest BCUT2D eigenvalue weighted by Crippen LogP contribution is 2.31. The van der Waals surface area contributed by atoms with Crippen molar-refractivity contribution in [2.45, 2.75) is 24.8 Å². The highest BCUT2D eigenvalue weighted by molar-refractivity contribution is 5.10. The Morgan fingerprint density at radius 3 is 2.83 bits per heavy atom. The van der Waals surface area contributed by atoms with Gasteiger partial charge in [-0.1, -0.05) is 0 Å². The molecule has 2 aliphatic rings. The van der Waals surface area contributed by atoms with Crippen LogP contribution in [0.5, 0.6) is 0 Å². The van der Waals surface area contributed by atoms with Crippen LogP contribution in [0.1, 0.15) is 19.3 Å². The van der Waals surface area contributed by atoms with E-state index in [2.05, 4.69) is 11.0 Å². The van der Waals surface area contributed by atoms with Crippen molar-refractivity contribution in [2.24, 2.45) is 11.7 Å². The van der Waals surface area contributed by atoms with Crippen molar-refractivity contribution in [2.75, 3.05) is 19.6 Å². The maximum absolute atomic E-state index is 8.79.